The molecular weight excluding hydrogens is 314 g/mol. The van der Waals surface area contributed by atoms with Crippen molar-refractivity contribution in [1.82, 2.24) is 14.8 Å². The van der Waals surface area contributed by atoms with Gasteiger partial charge in [-0.05, 0) is 19.3 Å². The number of piperidine rings is 1. The van der Waals surface area contributed by atoms with Crippen LogP contribution in [0, 0.1) is 0 Å². The first-order chi connectivity index (χ1) is 11.1. The quantitative estimate of drug-likeness (QED) is 0.844. The minimum Gasteiger partial charge on any atom is -0.368 e. The van der Waals surface area contributed by atoms with E-state index in [1.807, 2.05) is 11.6 Å². The van der Waals surface area contributed by atoms with E-state index in [9.17, 15) is 9.59 Å². The third-order valence-corrected chi connectivity index (χ3v) is 5.40. The number of carbonyl (C=O) groups is 2. The van der Waals surface area contributed by atoms with E-state index in [1.54, 1.807) is 16.2 Å². The number of aromatic nitrogens is 1. The summed E-state index contributed by atoms with van der Waals surface area (Å²) >= 11 is 1.64. The van der Waals surface area contributed by atoms with Crippen molar-refractivity contribution < 1.29 is 9.59 Å². The molecule has 1 atom stereocenters. The third kappa shape index (κ3) is 3.81. The van der Waals surface area contributed by atoms with Gasteiger partial charge in [0.2, 0.25) is 11.8 Å². The van der Waals surface area contributed by atoms with Crippen molar-refractivity contribution in [3.63, 3.8) is 0 Å². The third-order valence-electron chi connectivity index (χ3n) is 4.57. The van der Waals surface area contributed by atoms with E-state index in [-0.39, 0.29) is 11.8 Å². The number of hydrogen-bond acceptors (Lipinski definition) is 6. The van der Waals surface area contributed by atoms with Gasteiger partial charge in [0.25, 0.3) is 0 Å². The zero-order chi connectivity index (χ0) is 16.2. The van der Waals surface area contributed by atoms with Crippen LogP contribution in [0.15, 0.2) is 11.6 Å². The molecule has 2 fully saturated rings. The van der Waals surface area contributed by atoms with Crippen LogP contribution >= 0.6 is 11.3 Å². The number of nitrogens with two attached hydrogens (primary N) is 1. The summed E-state index contributed by atoms with van der Waals surface area (Å²) in [6.45, 7) is 4.43. The lowest BCUT2D eigenvalue weighted by Crippen LogP contribution is -2.55. The Labute approximate surface area is 140 Å². The van der Waals surface area contributed by atoms with Crippen LogP contribution in [0.25, 0.3) is 0 Å². The van der Waals surface area contributed by atoms with E-state index >= 15 is 0 Å². The summed E-state index contributed by atoms with van der Waals surface area (Å²) in [7, 11) is 0. The highest BCUT2D eigenvalue weighted by atomic mass is 32.1. The summed E-state index contributed by atoms with van der Waals surface area (Å²) in [6, 6.07) is -0.423. The molecule has 23 heavy (non-hydrogen) atoms. The molecule has 0 saturated carbocycles. The fourth-order valence-corrected chi connectivity index (χ4v) is 3.97. The van der Waals surface area contributed by atoms with Gasteiger partial charge in [0.15, 0.2) is 5.13 Å². The summed E-state index contributed by atoms with van der Waals surface area (Å²) in [5.74, 6) is -0.358. The number of anilines is 1. The highest BCUT2D eigenvalue weighted by Crippen LogP contribution is 2.20. The average molecular weight is 337 g/mol. The lowest BCUT2D eigenvalue weighted by atomic mass is 10.0. The molecule has 3 rings (SSSR count). The molecule has 1 aromatic rings. The first-order valence-corrected chi connectivity index (χ1v) is 8.98. The van der Waals surface area contributed by atoms with Gasteiger partial charge in [-0.25, -0.2) is 4.98 Å². The maximum Gasteiger partial charge on any atom is 0.240 e. The molecule has 0 aromatic carbocycles. The predicted octanol–water partition coefficient (Wildman–Crippen LogP) is 0.131. The lowest BCUT2D eigenvalue weighted by Gasteiger charge is -2.38. The van der Waals surface area contributed by atoms with Crippen LogP contribution < -0.4 is 10.6 Å². The highest BCUT2D eigenvalue weighted by Gasteiger charge is 2.31. The van der Waals surface area contributed by atoms with E-state index in [4.69, 9.17) is 5.73 Å². The second-order valence-electron chi connectivity index (χ2n) is 6.08. The summed E-state index contributed by atoms with van der Waals surface area (Å²) < 4.78 is 0. The van der Waals surface area contributed by atoms with E-state index < -0.39 is 6.04 Å². The van der Waals surface area contributed by atoms with Crippen molar-refractivity contribution in [2.75, 3.05) is 44.2 Å². The zero-order valence-electron chi connectivity index (χ0n) is 13.2. The van der Waals surface area contributed by atoms with Crippen molar-refractivity contribution in [2.24, 2.45) is 5.73 Å². The number of thiazole rings is 1. The van der Waals surface area contributed by atoms with Gasteiger partial charge in [-0.3, -0.25) is 14.5 Å². The van der Waals surface area contributed by atoms with E-state index in [2.05, 4.69) is 14.8 Å². The monoisotopic (exact) mass is 337 g/mol. The molecule has 126 valence electrons. The SMILES string of the molecule is NC(=O)[C@H]1CCCCN1C(=O)CN1CCN(c2nccs2)CC1. The molecule has 0 radical (unpaired) electrons. The van der Waals surface area contributed by atoms with Gasteiger partial charge >= 0.3 is 0 Å². The second kappa shape index (κ2) is 7.27. The fourth-order valence-electron chi connectivity index (χ4n) is 3.28. The standard InChI is InChI=1S/C15H23N5O2S/c16-14(22)12-3-1-2-5-20(12)13(21)11-18-6-8-19(9-7-18)15-17-4-10-23-15/h4,10,12H,1-3,5-9,11H2,(H2,16,22)/t12-/m1/s1. The van der Waals surface area contributed by atoms with Gasteiger partial charge < -0.3 is 15.5 Å². The molecule has 0 unspecified atom stereocenters. The predicted molar refractivity (Wildman–Crippen MR) is 89.3 cm³/mol. The molecule has 0 aliphatic carbocycles. The average Bonchev–Trinajstić information content (AvgIpc) is 3.10. The molecule has 3 heterocycles. The van der Waals surface area contributed by atoms with Crippen molar-refractivity contribution in [1.29, 1.82) is 0 Å². The van der Waals surface area contributed by atoms with Crippen LogP contribution in [0.4, 0.5) is 5.13 Å². The van der Waals surface area contributed by atoms with Crippen LogP contribution in [0.1, 0.15) is 19.3 Å². The fraction of sp³-hybridized carbons (Fsp3) is 0.667. The largest absolute Gasteiger partial charge is 0.368 e. The first-order valence-electron chi connectivity index (χ1n) is 8.11. The molecule has 2 amide bonds. The molecule has 1 aromatic heterocycles. The van der Waals surface area contributed by atoms with Crippen LogP contribution in [-0.4, -0.2) is 71.9 Å². The Hall–Kier alpha value is -1.67. The molecule has 0 bridgehead atoms. The maximum absolute atomic E-state index is 12.5. The van der Waals surface area contributed by atoms with Crippen LogP contribution in [0.5, 0.6) is 0 Å². The molecule has 2 saturated heterocycles. The van der Waals surface area contributed by atoms with E-state index in [0.29, 0.717) is 19.5 Å². The Morgan fingerprint density at radius 1 is 1.22 bits per heavy atom. The van der Waals surface area contributed by atoms with Crippen LogP contribution in [0.3, 0.4) is 0 Å². The molecule has 7 nitrogen and oxygen atoms in total. The topological polar surface area (TPSA) is 82.8 Å². The summed E-state index contributed by atoms with van der Waals surface area (Å²) in [5.41, 5.74) is 5.44. The number of piperazine rings is 1. The maximum atomic E-state index is 12.5. The molecule has 0 spiro atoms. The Morgan fingerprint density at radius 2 is 2.00 bits per heavy atom. The van der Waals surface area contributed by atoms with Gasteiger partial charge in [0.1, 0.15) is 6.04 Å². The van der Waals surface area contributed by atoms with Crippen molar-refractivity contribution in [2.45, 2.75) is 25.3 Å². The number of likely N-dealkylation sites (tertiary alicyclic amines) is 1. The molecule has 2 aliphatic heterocycles. The van der Waals surface area contributed by atoms with E-state index in [0.717, 1.165) is 44.2 Å². The number of nitrogens with zero attached hydrogens (tertiary/aromatic N) is 4. The molecular formula is C15H23N5O2S. The number of primary amides is 1. The number of rotatable bonds is 4. The van der Waals surface area contributed by atoms with Crippen molar-refractivity contribution in [3.8, 4) is 0 Å². The number of hydrogen-bond donors (Lipinski definition) is 1. The Kier molecular flexibility index (Phi) is 5.12. The van der Waals surface area contributed by atoms with Gasteiger partial charge in [-0.2, -0.15) is 0 Å². The lowest BCUT2D eigenvalue weighted by molar-refractivity contribution is -0.142. The van der Waals surface area contributed by atoms with Gasteiger partial charge in [-0.15, -0.1) is 11.3 Å². The second-order valence-corrected chi connectivity index (χ2v) is 6.95. The molecule has 2 aliphatic rings. The van der Waals surface area contributed by atoms with Crippen molar-refractivity contribution >= 4 is 28.3 Å². The summed E-state index contributed by atoms with van der Waals surface area (Å²) in [4.78, 5) is 34.5. The smallest absolute Gasteiger partial charge is 0.240 e. The minimum absolute atomic E-state index is 0.0243. The van der Waals surface area contributed by atoms with Crippen LogP contribution in [0.2, 0.25) is 0 Å². The number of amides is 2. The Bertz CT molecular complexity index is 542. The normalized spacial score (nSPS) is 23.0. The first kappa shape index (κ1) is 16.2. The summed E-state index contributed by atoms with van der Waals surface area (Å²) in [5, 5.41) is 3.02. The number of carbonyl (C=O) groups excluding carboxylic acids is 2. The zero-order valence-corrected chi connectivity index (χ0v) is 14.0. The Morgan fingerprint density at radius 3 is 2.65 bits per heavy atom. The van der Waals surface area contributed by atoms with E-state index in [1.165, 1.54) is 0 Å². The Balaban J connectivity index is 1.51. The molecule has 2 N–H and O–H groups in total. The minimum atomic E-state index is -0.423. The van der Waals surface area contributed by atoms with Crippen LogP contribution in [-0.2, 0) is 9.59 Å². The van der Waals surface area contributed by atoms with Gasteiger partial charge in [0.05, 0.1) is 6.54 Å². The highest BCUT2D eigenvalue weighted by molar-refractivity contribution is 7.13. The molecule has 8 heteroatoms. The van der Waals surface area contributed by atoms with Gasteiger partial charge in [-0.1, -0.05) is 0 Å². The van der Waals surface area contributed by atoms with Crippen molar-refractivity contribution in [3.05, 3.63) is 11.6 Å². The van der Waals surface area contributed by atoms with Gasteiger partial charge in [0, 0.05) is 44.3 Å². The summed E-state index contributed by atoms with van der Waals surface area (Å²) in [6.07, 6.45) is 4.42.